The molecule has 2 aliphatic heterocycles. The van der Waals surface area contributed by atoms with Crippen LogP contribution in [-0.2, 0) is 19.4 Å². The summed E-state index contributed by atoms with van der Waals surface area (Å²) in [7, 11) is -3.06. The lowest BCUT2D eigenvalue weighted by atomic mass is 10.1. The van der Waals surface area contributed by atoms with Crippen LogP contribution in [0.4, 0.5) is 5.69 Å². The Morgan fingerprint density at radius 2 is 1.96 bits per heavy atom. The van der Waals surface area contributed by atoms with Crippen LogP contribution in [0.2, 0.25) is 0 Å². The Morgan fingerprint density at radius 1 is 1.25 bits per heavy atom. The van der Waals surface area contributed by atoms with Gasteiger partial charge in [-0.1, -0.05) is 12.1 Å². The summed E-state index contributed by atoms with van der Waals surface area (Å²) < 4.78 is 28.1. The predicted octanol–water partition coefficient (Wildman–Crippen LogP) is 0.408. The van der Waals surface area contributed by atoms with E-state index in [9.17, 15) is 13.2 Å². The van der Waals surface area contributed by atoms with Crippen LogP contribution in [0.3, 0.4) is 0 Å². The van der Waals surface area contributed by atoms with E-state index in [2.05, 4.69) is 15.4 Å². The highest BCUT2D eigenvalue weighted by Gasteiger charge is 2.32. The zero-order chi connectivity index (χ0) is 17.0. The fraction of sp³-hybridized carbons (Fsp3) is 0.500. The molecule has 2 saturated heterocycles. The van der Waals surface area contributed by atoms with Gasteiger partial charge in [-0.05, 0) is 24.1 Å². The number of ether oxygens (including phenoxy) is 1. The molecule has 2 heterocycles. The fourth-order valence-corrected chi connectivity index (χ4v) is 4.60. The average molecular weight is 351 g/mol. The van der Waals surface area contributed by atoms with E-state index in [0.717, 1.165) is 37.6 Å². The summed E-state index contributed by atoms with van der Waals surface area (Å²) in [6, 6.07) is 7.89. The van der Waals surface area contributed by atoms with Gasteiger partial charge >= 0.3 is 0 Å². The van der Waals surface area contributed by atoms with Crippen LogP contribution in [0.15, 0.2) is 29.4 Å². The molecule has 1 aromatic carbocycles. The molecule has 2 fully saturated rings. The molecule has 1 atom stereocenters. The molecule has 0 bridgehead atoms. The van der Waals surface area contributed by atoms with Crippen LogP contribution in [0, 0.1) is 5.92 Å². The lowest BCUT2D eigenvalue weighted by Crippen LogP contribution is -2.36. The molecule has 2 aliphatic rings. The van der Waals surface area contributed by atoms with Crippen molar-refractivity contribution in [2.24, 2.45) is 11.0 Å². The van der Waals surface area contributed by atoms with E-state index in [1.807, 2.05) is 24.3 Å². The fourth-order valence-electron chi connectivity index (χ4n) is 2.86. The second-order valence-corrected chi connectivity index (χ2v) is 8.25. The first kappa shape index (κ1) is 16.9. The molecule has 8 heteroatoms. The number of sulfone groups is 1. The molecular weight excluding hydrogens is 330 g/mol. The van der Waals surface area contributed by atoms with Crippen LogP contribution in [-0.4, -0.2) is 58.3 Å². The average Bonchev–Trinajstić information content (AvgIpc) is 2.96. The molecule has 0 saturated carbocycles. The van der Waals surface area contributed by atoms with E-state index >= 15 is 0 Å². The number of nitrogens with one attached hydrogen (secondary N) is 1. The molecular formula is C16H21N3O4S. The number of benzene rings is 1. The second kappa shape index (κ2) is 7.31. The van der Waals surface area contributed by atoms with Gasteiger partial charge in [-0.15, -0.1) is 0 Å². The quantitative estimate of drug-likeness (QED) is 0.627. The summed E-state index contributed by atoms with van der Waals surface area (Å²) in [5, 5.41) is 3.92. The maximum atomic E-state index is 11.9. The van der Waals surface area contributed by atoms with Gasteiger partial charge in [0.25, 0.3) is 0 Å². The highest BCUT2D eigenvalue weighted by atomic mass is 32.2. The Morgan fingerprint density at radius 3 is 2.58 bits per heavy atom. The SMILES string of the molecule is O=C(N/N=C\c1ccc(N2CCOCC2)cc1)[C@@H]1CCS(=O)(=O)C1. The summed E-state index contributed by atoms with van der Waals surface area (Å²) in [5.41, 5.74) is 4.43. The number of hydrogen-bond donors (Lipinski definition) is 1. The standard InChI is InChI=1S/C16H21N3O4S/c20-16(14-5-10-24(21,22)12-14)18-17-11-13-1-3-15(4-2-13)19-6-8-23-9-7-19/h1-4,11,14H,5-10,12H2,(H,18,20)/b17-11-/t14-/m1/s1. The molecule has 7 nitrogen and oxygen atoms in total. The number of hydrogen-bond acceptors (Lipinski definition) is 6. The summed E-state index contributed by atoms with van der Waals surface area (Å²) >= 11 is 0. The first-order chi connectivity index (χ1) is 11.5. The van der Waals surface area contributed by atoms with Gasteiger partial charge in [-0.3, -0.25) is 4.79 Å². The van der Waals surface area contributed by atoms with Gasteiger partial charge < -0.3 is 9.64 Å². The molecule has 0 spiro atoms. The smallest absolute Gasteiger partial charge is 0.244 e. The maximum Gasteiger partial charge on any atom is 0.244 e. The van der Waals surface area contributed by atoms with Crippen molar-refractivity contribution in [2.45, 2.75) is 6.42 Å². The molecule has 0 aliphatic carbocycles. The van der Waals surface area contributed by atoms with Crippen molar-refractivity contribution in [1.82, 2.24) is 5.43 Å². The van der Waals surface area contributed by atoms with E-state index < -0.39 is 15.8 Å². The summed E-state index contributed by atoms with van der Waals surface area (Å²) in [5.74, 6) is -0.825. The summed E-state index contributed by atoms with van der Waals surface area (Å²) in [4.78, 5) is 14.1. The molecule has 0 unspecified atom stereocenters. The van der Waals surface area contributed by atoms with E-state index in [1.54, 1.807) is 6.21 Å². The number of hydrazone groups is 1. The van der Waals surface area contributed by atoms with Crippen LogP contribution < -0.4 is 10.3 Å². The molecule has 1 aromatic rings. The van der Waals surface area contributed by atoms with E-state index in [0.29, 0.717) is 6.42 Å². The second-order valence-electron chi connectivity index (χ2n) is 6.03. The Bertz CT molecular complexity index is 709. The van der Waals surface area contributed by atoms with E-state index in [4.69, 9.17) is 4.74 Å². The Labute approximate surface area is 141 Å². The van der Waals surface area contributed by atoms with Crippen molar-refractivity contribution in [1.29, 1.82) is 0 Å². The van der Waals surface area contributed by atoms with Gasteiger partial charge in [0.05, 0.1) is 36.9 Å². The van der Waals surface area contributed by atoms with Crippen LogP contribution in [0.25, 0.3) is 0 Å². The van der Waals surface area contributed by atoms with Crippen molar-refractivity contribution in [2.75, 3.05) is 42.7 Å². The molecule has 0 aromatic heterocycles. The summed E-state index contributed by atoms with van der Waals surface area (Å²) in [6.07, 6.45) is 1.93. The molecule has 130 valence electrons. The Hall–Kier alpha value is -1.93. The molecule has 3 rings (SSSR count). The number of carbonyl (C=O) groups excluding carboxylic acids is 1. The minimum atomic E-state index is -3.06. The number of amides is 1. The van der Waals surface area contributed by atoms with Gasteiger partial charge in [0.15, 0.2) is 9.84 Å². The molecule has 1 amide bonds. The van der Waals surface area contributed by atoms with Crippen molar-refractivity contribution < 1.29 is 17.9 Å². The minimum Gasteiger partial charge on any atom is -0.378 e. The number of morpholine rings is 1. The molecule has 0 radical (unpaired) electrons. The van der Waals surface area contributed by atoms with Crippen LogP contribution >= 0.6 is 0 Å². The minimum absolute atomic E-state index is 0.0808. The first-order valence-electron chi connectivity index (χ1n) is 8.00. The first-order valence-corrected chi connectivity index (χ1v) is 9.82. The van der Waals surface area contributed by atoms with E-state index in [1.165, 1.54) is 0 Å². The monoisotopic (exact) mass is 351 g/mol. The van der Waals surface area contributed by atoms with Gasteiger partial charge in [-0.2, -0.15) is 5.10 Å². The Balaban J connectivity index is 1.52. The third-order valence-corrected chi connectivity index (χ3v) is 6.03. The zero-order valence-electron chi connectivity index (χ0n) is 13.3. The van der Waals surface area contributed by atoms with Gasteiger partial charge in [0, 0.05) is 18.8 Å². The highest BCUT2D eigenvalue weighted by Crippen LogP contribution is 2.18. The molecule has 24 heavy (non-hydrogen) atoms. The normalized spacial score (nSPS) is 23.5. The number of carbonyl (C=O) groups is 1. The van der Waals surface area contributed by atoms with Crippen LogP contribution in [0.1, 0.15) is 12.0 Å². The van der Waals surface area contributed by atoms with Crippen LogP contribution in [0.5, 0.6) is 0 Å². The predicted molar refractivity (Wildman–Crippen MR) is 92.0 cm³/mol. The lowest BCUT2D eigenvalue weighted by Gasteiger charge is -2.28. The van der Waals surface area contributed by atoms with Crippen molar-refractivity contribution in [3.05, 3.63) is 29.8 Å². The maximum absolute atomic E-state index is 11.9. The van der Waals surface area contributed by atoms with Gasteiger partial charge in [0.1, 0.15) is 0 Å². The topological polar surface area (TPSA) is 88.1 Å². The third kappa shape index (κ3) is 4.33. The van der Waals surface area contributed by atoms with Gasteiger partial charge in [0.2, 0.25) is 5.91 Å². The van der Waals surface area contributed by atoms with Crippen molar-refractivity contribution >= 4 is 27.6 Å². The zero-order valence-corrected chi connectivity index (χ0v) is 14.2. The van der Waals surface area contributed by atoms with E-state index in [-0.39, 0.29) is 17.4 Å². The van der Waals surface area contributed by atoms with Crippen molar-refractivity contribution in [3.8, 4) is 0 Å². The number of anilines is 1. The largest absolute Gasteiger partial charge is 0.378 e. The number of nitrogens with zero attached hydrogens (tertiary/aromatic N) is 2. The molecule has 1 N–H and O–H groups in total. The number of rotatable bonds is 4. The third-order valence-electron chi connectivity index (χ3n) is 4.26. The van der Waals surface area contributed by atoms with Gasteiger partial charge in [-0.25, -0.2) is 13.8 Å². The Kier molecular flexibility index (Phi) is 5.15. The van der Waals surface area contributed by atoms with Crippen molar-refractivity contribution in [3.63, 3.8) is 0 Å². The summed E-state index contributed by atoms with van der Waals surface area (Å²) in [6.45, 7) is 3.25. The lowest BCUT2D eigenvalue weighted by molar-refractivity contribution is -0.124. The highest BCUT2D eigenvalue weighted by molar-refractivity contribution is 7.91.